The second-order valence-electron chi connectivity index (χ2n) is 8.11. The van der Waals surface area contributed by atoms with Gasteiger partial charge in [-0.3, -0.25) is 4.98 Å². The fraction of sp³-hybridized carbons (Fsp3) is 0.148. The van der Waals surface area contributed by atoms with Gasteiger partial charge < -0.3 is 19.4 Å². The van der Waals surface area contributed by atoms with Gasteiger partial charge in [-0.1, -0.05) is 30.3 Å². The van der Waals surface area contributed by atoms with Crippen molar-refractivity contribution in [3.63, 3.8) is 0 Å². The molecule has 2 aromatic carbocycles. The van der Waals surface area contributed by atoms with Crippen molar-refractivity contribution in [2.24, 2.45) is 0 Å². The minimum atomic E-state index is -0.389. The van der Waals surface area contributed by atoms with Gasteiger partial charge in [-0.25, -0.2) is 4.79 Å². The highest BCUT2D eigenvalue weighted by atomic mass is 32.1. The molecule has 5 rings (SSSR count). The van der Waals surface area contributed by atoms with Crippen molar-refractivity contribution < 1.29 is 13.9 Å². The van der Waals surface area contributed by atoms with Gasteiger partial charge in [0.1, 0.15) is 17.6 Å². The zero-order valence-electron chi connectivity index (χ0n) is 18.8. The number of hydrogen-bond donors (Lipinski definition) is 1. The monoisotopic (exact) mass is 469 g/mol. The van der Waals surface area contributed by atoms with E-state index in [1.54, 1.807) is 18.3 Å². The van der Waals surface area contributed by atoms with Gasteiger partial charge in [-0.2, -0.15) is 0 Å². The number of methoxy groups -OCH3 is 1. The standard InChI is InChI=1S/C27H23N3O3S/c1-17-7-5-10-20(15-17)30-25(24(29-27(30)34)21-11-3-4-14-28-21)23-13-12-22(33-23)18-8-6-9-19(16-18)26(31)32-2/h3-16,24-25H,1-2H3,(H,29,34)/t24-,25-/m0/s1. The summed E-state index contributed by atoms with van der Waals surface area (Å²) in [5.74, 6) is 1.00. The summed E-state index contributed by atoms with van der Waals surface area (Å²) in [6.07, 6.45) is 1.78. The molecular weight excluding hydrogens is 446 g/mol. The van der Waals surface area contributed by atoms with E-state index in [0.717, 1.165) is 28.3 Å². The van der Waals surface area contributed by atoms with E-state index in [4.69, 9.17) is 21.4 Å². The third-order valence-electron chi connectivity index (χ3n) is 5.86. The summed E-state index contributed by atoms with van der Waals surface area (Å²) in [5.41, 5.74) is 4.25. The molecular formula is C27H23N3O3S. The van der Waals surface area contributed by atoms with Crippen LogP contribution in [0.5, 0.6) is 0 Å². The summed E-state index contributed by atoms with van der Waals surface area (Å²) < 4.78 is 11.2. The summed E-state index contributed by atoms with van der Waals surface area (Å²) in [4.78, 5) is 18.6. The topological polar surface area (TPSA) is 67.6 Å². The van der Waals surface area contributed by atoms with Crippen LogP contribution in [0.25, 0.3) is 11.3 Å². The smallest absolute Gasteiger partial charge is 0.337 e. The van der Waals surface area contributed by atoms with Crippen molar-refractivity contribution in [3.8, 4) is 11.3 Å². The summed E-state index contributed by atoms with van der Waals surface area (Å²) in [6.45, 7) is 2.06. The van der Waals surface area contributed by atoms with E-state index in [1.807, 2.05) is 54.6 Å². The number of furan rings is 1. The fourth-order valence-corrected chi connectivity index (χ4v) is 4.63. The molecule has 0 spiro atoms. The van der Waals surface area contributed by atoms with Crippen LogP contribution in [0.2, 0.25) is 0 Å². The second kappa shape index (κ2) is 9.11. The van der Waals surface area contributed by atoms with E-state index in [9.17, 15) is 4.79 Å². The van der Waals surface area contributed by atoms with E-state index < -0.39 is 0 Å². The largest absolute Gasteiger partial charge is 0.465 e. The van der Waals surface area contributed by atoms with E-state index in [2.05, 4.69) is 34.3 Å². The Labute approximate surface area is 203 Å². The van der Waals surface area contributed by atoms with Crippen molar-refractivity contribution in [2.75, 3.05) is 12.0 Å². The first kappa shape index (κ1) is 21.9. The fourth-order valence-electron chi connectivity index (χ4n) is 4.28. The van der Waals surface area contributed by atoms with E-state index in [0.29, 0.717) is 16.4 Å². The molecule has 1 saturated heterocycles. The number of aryl methyl sites for hydroxylation is 1. The highest BCUT2D eigenvalue weighted by molar-refractivity contribution is 7.80. The summed E-state index contributed by atoms with van der Waals surface area (Å²) in [6, 6.07) is 24.7. The molecule has 1 fully saturated rings. The average molecular weight is 470 g/mol. The minimum Gasteiger partial charge on any atom is -0.465 e. The average Bonchev–Trinajstić information content (AvgIpc) is 3.49. The molecule has 2 atom stereocenters. The molecule has 170 valence electrons. The molecule has 1 aliphatic heterocycles. The number of carbonyl (C=O) groups excluding carboxylic acids is 1. The van der Waals surface area contributed by atoms with Crippen molar-refractivity contribution in [3.05, 3.63) is 108 Å². The Morgan fingerprint density at radius 3 is 2.68 bits per heavy atom. The highest BCUT2D eigenvalue weighted by Crippen LogP contribution is 2.43. The summed E-state index contributed by atoms with van der Waals surface area (Å²) >= 11 is 5.77. The van der Waals surface area contributed by atoms with Crippen LogP contribution >= 0.6 is 12.2 Å². The number of nitrogens with one attached hydrogen (secondary N) is 1. The molecule has 0 saturated carbocycles. The number of benzene rings is 2. The SMILES string of the molecule is COC(=O)c1cccc(-c2ccc([C@H]3[C@H](c4ccccn4)NC(=S)N3c3cccc(C)c3)o2)c1. The van der Waals surface area contributed by atoms with Gasteiger partial charge in [0, 0.05) is 17.4 Å². The number of thiocarbonyl (C=S) groups is 1. The number of hydrogen-bond acceptors (Lipinski definition) is 5. The number of carbonyl (C=O) groups is 1. The van der Waals surface area contributed by atoms with Gasteiger partial charge in [0.2, 0.25) is 0 Å². The van der Waals surface area contributed by atoms with Crippen molar-refractivity contribution in [2.45, 2.75) is 19.0 Å². The van der Waals surface area contributed by atoms with Crippen molar-refractivity contribution >= 4 is 29.0 Å². The quantitative estimate of drug-likeness (QED) is 0.301. The second-order valence-corrected chi connectivity index (χ2v) is 8.50. The van der Waals surface area contributed by atoms with Gasteiger partial charge in [-0.05, 0) is 73.2 Å². The summed E-state index contributed by atoms with van der Waals surface area (Å²) in [5, 5.41) is 4.05. The molecule has 6 nitrogen and oxygen atoms in total. The molecule has 0 radical (unpaired) electrons. The molecule has 34 heavy (non-hydrogen) atoms. The van der Waals surface area contributed by atoms with Gasteiger partial charge in [0.15, 0.2) is 5.11 Å². The van der Waals surface area contributed by atoms with Crippen LogP contribution in [-0.4, -0.2) is 23.2 Å². The first-order valence-electron chi connectivity index (χ1n) is 10.9. The number of esters is 1. The first-order chi connectivity index (χ1) is 16.5. The molecule has 0 bridgehead atoms. The molecule has 0 amide bonds. The van der Waals surface area contributed by atoms with Gasteiger partial charge >= 0.3 is 5.97 Å². The van der Waals surface area contributed by atoms with Crippen LogP contribution in [0.1, 0.15) is 39.5 Å². The van der Waals surface area contributed by atoms with E-state index >= 15 is 0 Å². The lowest BCUT2D eigenvalue weighted by Gasteiger charge is -2.26. The van der Waals surface area contributed by atoms with Crippen LogP contribution in [0.3, 0.4) is 0 Å². The van der Waals surface area contributed by atoms with Crippen molar-refractivity contribution in [1.29, 1.82) is 0 Å². The Balaban J connectivity index is 1.58. The maximum Gasteiger partial charge on any atom is 0.337 e. The molecule has 4 aromatic rings. The molecule has 2 aromatic heterocycles. The first-order valence-corrected chi connectivity index (χ1v) is 11.3. The highest BCUT2D eigenvalue weighted by Gasteiger charge is 2.42. The third kappa shape index (κ3) is 4.06. The van der Waals surface area contributed by atoms with Gasteiger partial charge in [0.05, 0.1) is 24.4 Å². The van der Waals surface area contributed by atoms with Crippen LogP contribution in [0.15, 0.2) is 89.5 Å². The zero-order chi connectivity index (χ0) is 23.7. The molecule has 1 aliphatic rings. The Morgan fingerprint density at radius 1 is 1.06 bits per heavy atom. The number of anilines is 1. The Kier molecular flexibility index (Phi) is 5.86. The Bertz CT molecular complexity index is 1350. The molecule has 3 heterocycles. The number of aromatic nitrogens is 1. The van der Waals surface area contributed by atoms with Crippen LogP contribution in [0, 0.1) is 6.92 Å². The maximum atomic E-state index is 12.0. The molecule has 1 N–H and O–H groups in total. The van der Waals surface area contributed by atoms with Crippen LogP contribution in [-0.2, 0) is 4.74 Å². The molecule has 7 heteroatoms. The Morgan fingerprint density at radius 2 is 1.91 bits per heavy atom. The van der Waals surface area contributed by atoms with Gasteiger partial charge in [-0.15, -0.1) is 0 Å². The maximum absolute atomic E-state index is 12.0. The predicted octanol–water partition coefficient (Wildman–Crippen LogP) is 5.61. The number of pyridine rings is 1. The lowest BCUT2D eigenvalue weighted by Crippen LogP contribution is -2.29. The predicted molar refractivity (Wildman–Crippen MR) is 135 cm³/mol. The number of ether oxygens (including phenoxy) is 1. The molecule has 0 aliphatic carbocycles. The van der Waals surface area contributed by atoms with E-state index in [-0.39, 0.29) is 18.1 Å². The van der Waals surface area contributed by atoms with Crippen molar-refractivity contribution in [1.82, 2.24) is 10.3 Å². The lowest BCUT2D eigenvalue weighted by molar-refractivity contribution is 0.0601. The van der Waals surface area contributed by atoms with Gasteiger partial charge in [0.25, 0.3) is 0 Å². The van der Waals surface area contributed by atoms with Crippen LogP contribution < -0.4 is 10.2 Å². The lowest BCUT2D eigenvalue weighted by atomic mass is 10.0. The van der Waals surface area contributed by atoms with E-state index in [1.165, 1.54) is 7.11 Å². The normalized spacial score (nSPS) is 17.5. The van der Waals surface area contributed by atoms with Crippen LogP contribution in [0.4, 0.5) is 5.69 Å². The third-order valence-corrected chi connectivity index (χ3v) is 6.18. The molecule has 0 unspecified atom stereocenters. The Hall–Kier alpha value is -3.97. The minimum absolute atomic E-state index is 0.199. The number of rotatable bonds is 5. The number of nitrogens with zero attached hydrogens (tertiary/aromatic N) is 2. The summed E-state index contributed by atoms with van der Waals surface area (Å²) in [7, 11) is 1.37. The zero-order valence-corrected chi connectivity index (χ0v) is 19.6.